The number of nitrogens with zero attached hydrogens (tertiary/aromatic N) is 1. The van der Waals surface area contributed by atoms with E-state index in [4.69, 9.17) is 4.74 Å². The fraction of sp³-hybridized carbons (Fsp3) is 0.0500. The number of hydrogen-bond donors (Lipinski definition) is 1. The Morgan fingerprint density at radius 3 is 1.80 bits per heavy atom. The second kappa shape index (κ2) is 7.37. The lowest BCUT2D eigenvalue weighted by Gasteiger charge is -2.27. The first kappa shape index (κ1) is 17.0. The zero-order chi connectivity index (χ0) is 17.7. The van der Waals surface area contributed by atoms with E-state index >= 15 is 0 Å². The van der Waals surface area contributed by atoms with Crippen LogP contribution < -0.4 is 20.7 Å². The quantitative estimate of drug-likeness (QED) is 0.727. The molecule has 0 aliphatic carbocycles. The molecule has 1 amide bonds. The van der Waals surface area contributed by atoms with E-state index in [-0.39, 0.29) is 0 Å². The highest BCUT2D eigenvalue weighted by Gasteiger charge is 2.31. The monoisotopic (exact) mass is 351 g/mol. The fourth-order valence-corrected chi connectivity index (χ4v) is 6.35. The molecule has 0 unspecified atom stereocenters. The summed E-state index contributed by atoms with van der Waals surface area (Å²) in [5.41, 5.74) is 0. The highest BCUT2D eigenvalue weighted by molar-refractivity contribution is 7.87. The largest absolute Gasteiger partial charge is 0.496 e. The third-order valence-electron chi connectivity index (χ3n) is 3.93. The van der Waals surface area contributed by atoms with Crippen molar-refractivity contribution >= 4 is 29.1 Å². The van der Waals surface area contributed by atoms with Gasteiger partial charge in [-0.3, -0.25) is 0 Å². The minimum Gasteiger partial charge on any atom is -0.496 e. The molecule has 0 spiro atoms. The van der Waals surface area contributed by atoms with Crippen LogP contribution in [0.25, 0.3) is 0 Å². The van der Waals surface area contributed by atoms with Gasteiger partial charge in [-0.15, -0.1) is 0 Å². The van der Waals surface area contributed by atoms with Crippen molar-refractivity contribution in [3.63, 3.8) is 0 Å². The van der Waals surface area contributed by atoms with Gasteiger partial charge in [0, 0.05) is 15.9 Å². The van der Waals surface area contributed by atoms with Crippen LogP contribution in [-0.4, -0.2) is 18.3 Å². The maximum atomic E-state index is 11.8. The topological polar surface area (TPSA) is 58.9 Å². The summed E-state index contributed by atoms with van der Waals surface area (Å²) in [5, 5.41) is 12.1. The summed E-state index contributed by atoms with van der Waals surface area (Å²) in [6.45, 7) is 0. The van der Waals surface area contributed by atoms with Crippen LogP contribution in [0.2, 0.25) is 0 Å². The molecule has 0 aliphatic heterocycles. The fourth-order valence-electron chi connectivity index (χ4n) is 2.91. The first-order chi connectivity index (χ1) is 12.2. The summed E-state index contributed by atoms with van der Waals surface area (Å²) >= 11 is 0. The number of methoxy groups -OCH3 is 1. The molecule has 25 heavy (non-hydrogen) atoms. The number of ether oxygens (including phenoxy) is 1. The van der Waals surface area contributed by atoms with Gasteiger partial charge in [-0.25, -0.2) is 4.79 Å². The molecule has 0 atom stereocenters. The van der Waals surface area contributed by atoms with E-state index in [1.54, 1.807) is 7.11 Å². The van der Waals surface area contributed by atoms with Crippen LogP contribution in [0.5, 0.6) is 5.75 Å². The van der Waals surface area contributed by atoms with E-state index in [0.29, 0.717) is 5.75 Å². The van der Waals surface area contributed by atoms with Crippen molar-refractivity contribution in [1.82, 2.24) is 0 Å². The van der Waals surface area contributed by atoms with Crippen molar-refractivity contribution < 1.29 is 14.6 Å². The number of amides is 1. The smallest absolute Gasteiger partial charge is 0.430 e. The van der Waals surface area contributed by atoms with Crippen LogP contribution in [0.1, 0.15) is 0 Å². The van der Waals surface area contributed by atoms with Crippen LogP contribution in [0.4, 0.5) is 4.79 Å². The van der Waals surface area contributed by atoms with Crippen LogP contribution in [0, 0.1) is 0 Å². The summed E-state index contributed by atoms with van der Waals surface area (Å²) in [7, 11) is -1.18. The summed E-state index contributed by atoms with van der Waals surface area (Å²) in [6, 6.07) is 26.6. The summed E-state index contributed by atoms with van der Waals surface area (Å²) in [6.07, 6.45) is -1.19. The van der Waals surface area contributed by atoms with Crippen molar-refractivity contribution in [2.24, 2.45) is 4.74 Å². The Balaban J connectivity index is 2.49. The molecular formula is C20H18NO3P. The lowest BCUT2D eigenvalue weighted by Crippen LogP contribution is -2.27. The second-order valence-electron chi connectivity index (χ2n) is 5.36. The molecule has 0 saturated heterocycles. The zero-order valence-electron chi connectivity index (χ0n) is 13.7. The number of benzene rings is 3. The molecule has 0 bridgehead atoms. The van der Waals surface area contributed by atoms with Gasteiger partial charge >= 0.3 is 6.09 Å². The molecule has 126 valence electrons. The molecule has 3 aromatic rings. The van der Waals surface area contributed by atoms with E-state index in [1.807, 2.05) is 84.9 Å². The van der Waals surface area contributed by atoms with Crippen molar-refractivity contribution in [3.05, 3.63) is 84.9 Å². The molecule has 0 radical (unpaired) electrons. The Kier molecular flexibility index (Phi) is 5.01. The molecule has 0 fully saturated rings. The van der Waals surface area contributed by atoms with Gasteiger partial charge in [0.25, 0.3) is 0 Å². The third-order valence-corrected chi connectivity index (χ3v) is 7.56. The molecule has 0 heterocycles. The predicted molar refractivity (Wildman–Crippen MR) is 102 cm³/mol. The van der Waals surface area contributed by atoms with E-state index in [1.165, 1.54) is 0 Å². The number of hydrogen-bond acceptors (Lipinski definition) is 2. The Morgan fingerprint density at radius 2 is 1.32 bits per heavy atom. The first-order valence-electron chi connectivity index (χ1n) is 7.78. The van der Waals surface area contributed by atoms with E-state index < -0.39 is 13.1 Å². The molecule has 1 N–H and O–H groups in total. The molecule has 0 aromatic heterocycles. The highest BCUT2D eigenvalue weighted by Crippen LogP contribution is 2.48. The summed E-state index contributed by atoms with van der Waals surface area (Å²) in [5.74, 6) is 0.633. The molecule has 3 aromatic carbocycles. The molecule has 0 aliphatic rings. The lowest BCUT2D eigenvalue weighted by atomic mass is 10.3. The van der Waals surface area contributed by atoms with Gasteiger partial charge < -0.3 is 9.84 Å². The average molecular weight is 351 g/mol. The zero-order valence-corrected chi connectivity index (χ0v) is 14.6. The van der Waals surface area contributed by atoms with Gasteiger partial charge in [-0.05, 0) is 12.1 Å². The Morgan fingerprint density at radius 1 is 0.840 bits per heavy atom. The minimum absolute atomic E-state index is 0.633. The molecule has 0 saturated carbocycles. The maximum absolute atomic E-state index is 11.8. The Bertz CT molecular complexity index is 880. The van der Waals surface area contributed by atoms with Crippen molar-refractivity contribution in [2.75, 3.05) is 7.11 Å². The number of para-hydroxylation sites is 1. The lowest BCUT2D eigenvalue weighted by molar-refractivity contribution is 0.206. The number of rotatable bonds is 4. The third kappa shape index (κ3) is 3.21. The van der Waals surface area contributed by atoms with Crippen LogP contribution in [-0.2, 0) is 0 Å². The first-order valence-corrected chi connectivity index (χ1v) is 9.52. The second-order valence-corrected chi connectivity index (χ2v) is 8.35. The Hall–Kier alpha value is -2.84. The number of carbonyl (C=O) groups is 1. The van der Waals surface area contributed by atoms with Gasteiger partial charge in [-0.2, -0.15) is 4.74 Å². The standard InChI is InChI=1S/C20H18NO3P/c1-24-18-14-8-9-15-19(18)25(21-20(22)23,16-10-4-2-5-11-16)17-12-6-3-7-13-17/h2-15H,1H3,(H,22,23). The molecule has 5 heteroatoms. The molecule has 3 rings (SSSR count). The average Bonchev–Trinajstić information content (AvgIpc) is 2.67. The van der Waals surface area contributed by atoms with Crippen molar-refractivity contribution in [1.29, 1.82) is 0 Å². The van der Waals surface area contributed by atoms with Crippen LogP contribution >= 0.6 is 7.05 Å². The van der Waals surface area contributed by atoms with Gasteiger partial charge in [0.1, 0.15) is 5.75 Å². The van der Waals surface area contributed by atoms with Gasteiger partial charge in [-0.1, -0.05) is 72.8 Å². The van der Waals surface area contributed by atoms with E-state index in [9.17, 15) is 9.90 Å². The Labute approximate surface area is 146 Å². The SMILES string of the molecule is COc1ccccc1P(=NC(=O)O)(c1ccccc1)c1ccccc1. The van der Waals surface area contributed by atoms with Crippen LogP contribution in [0.15, 0.2) is 89.7 Å². The summed E-state index contributed by atoms with van der Waals surface area (Å²) < 4.78 is 9.83. The maximum Gasteiger partial charge on any atom is 0.430 e. The van der Waals surface area contributed by atoms with Crippen molar-refractivity contribution in [3.8, 4) is 5.75 Å². The number of carboxylic acid groups (broad SMARTS) is 1. The van der Waals surface area contributed by atoms with E-state index in [2.05, 4.69) is 4.74 Å². The molecular weight excluding hydrogens is 333 g/mol. The summed E-state index contributed by atoms with van der Waals surface area (Å²) in [4.78, 5) is 11.8. The molecule has 4 nitrogen and oxygen atoms in total. The normalized spacial score (nSPS) is 10.9. The highest BCUT2D eigenvalue weighted by atomic mass is 31.2. The van der Waals surface area contributed by atoms with Crippen molar-refractivity contribution in [2.45, 2.75) is 0 Å². The van der Waals surface area contributed by atoms with E-state index in [0.717, 1.165) is 15.9 Å². The minimum atomic E-state index is -2.76. The van der Waals surface area contributed by atoms with Gasteiger partial charge in [0.05, 0.1) is 14.2 Å². The van der Waals surface area contributed by atoms with Crippen LogP contribution in [0.3, 0.4) is 0 Å². The predicted octanol–water partition coefficient (Wildman–Crippen LogP) is 3.85. The van der Waals surface area contributed by atoms with Gasteiger partial charge in [0.15, 0.2) is 0 Å². The van der Waals surface area contributed by atoms with Gasteiger partial charge in [0.2, 0.25) is 0 Å².